The Kier molecular flexibility index (Phi) is 10.5. The van der Waals surface area contributed by atoms with E-state index in [1.807, 2.05) is 17.0 Å². The van der Waals surface area contributed by atoms with Crippen molar-refractivity contribution in [3.05, 3.63) is 130 Å². The Morgan fingerprint density at radius 1 is 0.894 bits per heavy atom. The summed E-state index contributed by atoms with van der Waals surface area (Å²) in [5.41, 5.74) is 0.754. The van der Waals surface area contributed by atoms with Gasteiger partial charge >= 0.3 is 0 Å². The van der Waals surface area contributed by atoms with Gasteiger partial charge in [0.25, 0.3) is 5.91 Å². The van der Waals surface area contributed by atoms with Crippen LogP contribution >= 0.6 is 0 Å². The molecular formula is C34H31F5N2O6. The van der Waals surface area contributed by atoms with E-state index < -0.39 is 65.2 Å². The number of aliphatic hydroxyl groups is 2. The van der Waals surface area contributed by atoms with E-state index in [1.54, 1.807) is 37.4 Å². The van der Waals surface area contributed by atoms with Crippen molar-refractivity contribution in [2.75, 3.05) is 25.5 Å². The zero-order chi connectivity index (χ0) is 33.8. The smallest absolute Gasteiger partial charge is 0.261 e. The molecule has 0 spiro atoms. The van der Waals surface area contributed by atoms with Gasteiger partial charge in [0.15, 0.2) is 29.6 Å². The number of hydrogen-bond donors (Lipinski definition) is 4. The summed E-state index contributed by atoms with van der Waals surface area (Å²) in [7, 11) is 1.79. The van der Waals surface area contributed by atoms with Crippen molar-refractivity contribution >= 4 is 11.6 Å². The van der Waals surface area contributed by atoms with Crippen LogP contribution in [0.4, 0.5) is 27.6 Å². The van der Waals surface area contributed by atoms with Gasteiger partial charge in [-0.3, -0.25) is 4.79 Å². The number of aliphatic hydroxyl groups excluding tert-OH is 2. The molecule has 0 unspecified atom stereocenters. The lowest BCUT2D eigenvalue weighted by Gasteiger charge is -2.38. The molecule has 13 heteroatoms. The average molecular weight is 659 g/mol. The molecular weight excluding hydrogens is 627 g/mol. The number of hydrogen-bond acceptors (Lipinski definition) is 7. The van der Waals surface area contributed by atoms with Gasteiger partial charge in [-0.05, 0) is 48.0 Å². The van der Waals surface area contributed by atoms with Crippen molar-refractivity contribution in [3.8, 4) is 5.75 Å². The van der Waals surface area contributed by atoms with Crippen molar-refractivity contribution in [2.24, 2.45) is 0 Å². The fraction of sp³-hybridized carbons (Fsp3) is 0.265. The number of carbonyl (C=O) groups excluding carboxylic acids is 1. The topological polar surface area (TPSA) is 111 Å². The molecule has 1 aliphatic rings. The highest BCUT2D eigenvalue weighted by molar-refractivity contribution is 6.04. The first-order valence-electron chi connectivity index (χ1n) is 14.5. The van der Waals surface area contributed by atoms with E-state index in [0.717, 1.165) is 5.56 Å². The Bertz CT molecular complexity index is 1710. The molecule has 4 N–H and O–H groups in total. The van der Waals surface area contributed by atoms with Crippen LogP contribution in [0, 0.1) is 29.1 Å². The highest BCUT2D eigenvalue weighted by atomic mass is 19.2. The van der Waals surface area contributed by atoms with Crippen LogP contribution in [0.1, 0.15) is 57.5 Å². The Labute approximate surface area is 266 Å². The summed E-state index contributed by atoms with van der Waals surface area (Å²) in [5.74, 6) is -12.9. The number of phenols is 1. The van der Waals surface area contributed by atoms with E-state index in [1.165, 1.54) is 30.3 Å². The standard InChI is InChI=1S/C34H31F5N2O6/c1-41(16-25(44)20-4-3-7-23(43)13-20)15-24-14-26(19-10-8-18(17-42)9-11-19)47-34(46-24)21-5-2-6-22(12-21)40-33(45)27-28(35)30(37)32(39)31(38)29(27)36/h2-13,24-26,34,42-44H,14-17H2,1H3,(H,40,45)/t24-,25+,26+,34+/m0/s1. The lowest BCUT2D eigenvalue weighted by molar-refractivity contribution is -0.252. The van der Waals surface area contributed by atoms with Crippen molar-refractivity contribution in [2.45, 2.75) is 37.6 Å². The maximum Gasteiger partial charge on any atom is 0.261 e. The van der Waals surface area contributed by atoms with Gasteiger partial charge in [0.05, 0.1) is 24.9 Å². The summed E-state index contributed by atoms with van der Waals surface area (Å²) in [5, 5.41) is 32.1. The highest BCUT2D eigenvalue weighted by Crippen LogP contribution is 2.39. The third kappa shape index (κ3) is 7.77. The molecule has 4 aromatic carbocycles. The van der Waals surface area contributed by atoms with E-state index in [0.29, 0.717) is 29.7 Å². The number of amides is 1. The van der Waals surface area contributed by atoms with Crippen molar-refractivity contribution in [1.82, 2.24) is 4.90 Å². The third-order valence-corrected chi connectivity index (χ3v) is 7.72. The van der Waals surface area contributed by atoms with Gasteiger partial charge < -0.3 is 35.0 Å². The summed E-state index contributed by atoms with van der Waals surface area (Å²) in [6.07, 6.45) is -2.47. The predicted molar refractivity (Wildman–Crippen MR) is 160 cm³/mol. The monoisotopic (exact) mass is 658 g/mol. The number of aromatic hydroxyl groups is 1. The van der Waals surface area contributed by atoms with Gasteiger partial charge in [0, 0.05) is 30.8 Å². The lowest BCUT2D eigenvalue weighted by atomic mass is 9.99. The molecule has 4 atom stereocenters. The second kappa shape index (κ2) is 14.6. The number of phenolic OH excluding ortho intramolecular Hbond substituents is 1. The second-order valence-corrected chi connectivity index (χ2v) is 11.2. The number of halogens is 5. The Morgan fingerprint density at radius 2 is 1.55 bits per heavy atom. The third-order valence-electron chi connectivity index (χ3n) is 7.72. The van der Waals surface area contributed by atoms with Crippen LogP contribution in [0.5, 0.6) is 5.75 Å². The first-order chi connectivity index (χ1) is 22.4. The Balaban J connectivity index is 1.36. The number of carbonyl (C=O) groups is 1. The quantitative estimate of drug-likeness (QED) is 0.0934. The van der Waals surface area contributed by atoms with Crippen LogP contribution in [0.25, 0.3) is 0 Å². The van der Waals surface area contributed by atoms with Gasteiger partial charge in [-0.15, -0.1) is 0 Å². The molecule has 0 bridgehead atoms. The van der Waals surface area contributed by atoms with Crippen molar-refractivity contribution in [1.29, 1.82) is 0 Å². The minimum Gasteiger partial charge on any atom is -0.508 e. The molecule has 1 saturated heterocycles. The van der Waals surface area contributed by atoms with E-state index in [4.69, 9.17) is 9.47 Å². The SMILES string of the molecule is CN(C[C@@H]1C[C@H](c2ccc(CO)cc2)O[C@H](c2cccc(NC(=O)c3c(F)c(F)c(F)c(F)c3F)c2)O1)C[C@@H](O)c1cccc(O)c1. The number of nitrogens with one attached hydrogen (secondary N) is 1. The normalized spacial score (nSPS) is 18.7. The number of anilines is 1. The molecule has 248 valence electrons. The van der Waals surface area contributed by atoms with Crippen LogP contribution < -0.4 is 5.32 Å². The molecule has 47 heavy (non-hydrogen) atoms. The first kappa shape index (κ1) is 33.9. The van der Waals surface area contributed by atoms with Crippen molar-refractivity contribution < 1.29 is 51.5 Å². The van der Waals surface area contributed by atoms with Gasteiger partial charge in [-0.1, -0.05) is 48.5 Å². The minimum atomic E-state index is -2.38. The largest absolute Gasteiger partial charge is 0.508 e. The van der Waals surface area contributed by atoms with Gasteiger partial charge in [0.1, 0.15) is 11.3 Å². The van der Waals surface area contributed by atoms with E-state index in [2.05, 4.69) is 5.32 Å². The first-order valence-corrected chi connectivity index (χ1v) is 14.5. The zero-order valence-electron chi connectivity index (χ0n) is 25.0. The fourth-order valence-corrected chi connectivity index (χ4v) is 5.35. The molecule has 0 saturated carbocycles. The molecule has 8 nitrogen and oxygen atoms in total. The number of ether oxygens (including phenoxy) is 2. The summed E-state index contributed by atoms with van der Waals surface area (Å²) < 4.78 is 82.0. The van der Waals surface area contributed by atoms with Crippen molar-refractivity contribution in [3.63, 3.8) is 0 Å². The fourth-order valence-electron chi connectivity index (χ4n) is 5.35. The number of rotatable bonds is 10. The maximum atomic E-state index is 14.3. The molecule has 0 aromatic heterocycles. The Hall–Kier alpha value is -4.40. The van der Waals surface area contributed by atoms with Gasteiger partial charge in [-0.25, -0.2) is 22.0 Å². The molecule has 1 fully saturated rings. The minimum absolute atomic E-state index is 0.0269. The molecule has 0 radical (unpaired) electrons. The maximum absolute atomic E-state index is 14.3. The van der Waals surface area contributed by atoms with Crippen LogP contribution in [-0.4, -0.2) is 52.4 Å². The highest BCUT2D eigenvalue weighted by Gasteiger charge is 2.34. The lowest BCUT2D eigenvalue weighted by Crippen LogP contribution is -2.39. The molecule has 5 rings (SSSR count). The predicted octanol–water partition coefficient (Wildman–Crippen LogP) is 6.04. The summed E-state index contributed by atoms with van der Waals surface area (Å²) in [4.78, 5) is 14.5. The number of likely N-dealkylation sites (N-methyl/N-ethyl adjacent to an activating group) is 1. The van der Waals surface area contributed by atoms with Crippen LogP contribution in [0.15, 0.2) is 72.8 Å². The van der Waals surface area contributed by atoms with E-state index >= 15 is 0 Å². The zero-order valence-corrected chi connectivity index (χ0v) is 25.0. The molecule has 1 amide bonds. The Morgan fingerprint density at radius 3 is 2.21 bits per heavy atom. The molecule has 0 aliphatic carbocycles. The molecule has 1 aliphatic heterocycles. The van der Waals surface area contributed by atoms with E-state index in [-0.39, 0.29) is 24.6 Å². The number of benzene rings is 4. The van der Waals surface area contributed by atoms with Crippen LogP contribution in [-0.2, 0) is 16.1 Å². The summed E-state index contributed by atoms with van der Waals surface area (Å²) >= 11 is 0. The van der Waals surface area contributed by atoms with E-state index in [9.17, 15) is 42.1 Å². The summed E-state index contributed by atoms with van der Waals surface area (Å²) in [6.45, 7) is 0.414. The van der Waals surface area contributed by atoms with Crippen LogP contribution in [0.2, 0.25) is 0 Å². The van der Waals surface area contributed by atoms with Gasteiger partial charge in [-0.2, -0.15) is 0 Å². The summed E-state index contributed by atoms with van der Waals surface area (Å²) in [6, 6.07) is 19.3. The molecule has 1 heterocycles. The average Bonchev–Trinajstić information content (AvgIpc) is 3.06. The second-order valence-electron chi connectivity index (χ2n) is 11.2. The van der Waals surface area contributed by atoms with Gasteiger partial charge in [0.2, 0.25) is 5.82 Å². The number of nitrogens with zero attached hydrogens (tertiary/aromatic N) is 1. The van der Waals surface area contributed by atoms with Crippen LogP contribution in [0.3, 0.4) is 0 Å². The molecule has 4 aromatic rings.